The molecule has 1 aromatic heterocycles. The zero-order chi connectivity index (χ0) is 12.4. The number of aromatic nitrogens is 1. The number of hydrogen-bond acceptors (Lipinski definition) is 3. The van der Waals surface area contributed by atoms with E-state index in [2.05, 4.69) is 27.8 Å². The lowest BCUT2D eigenvalue weighted by molar-refractivity contribution is 0.248. The Balaban J connectivity index is 1.66. The van der Waals surface area contributed by atoms with Gasteiger partial charge >= 0.3 is 6.03 Å². The molecule has 3 rings (SSSR count). The quantitative estimate of drug-likeness (QED) is 0.871. The van der Waals surface area contributed by atoms with Crippen LogP contribution in [-0.4, -0.2) is 11.0 Å². The fourth-order valence-corrected chi connectivity index (χ4v) is 2.81. The molecular weight excluding hydrogens is 246 g/mol. The molecule has 1 aliphatic rings. The largest absolute Gasteiger partial charge is 0.331 e. The molecule has 1 aliphatic carbocycles. The van der Waals surface area contributed by atoms with Crippen molar-refractivity contribution < 1.29 is 4.79 Å². The molecule has 0 bridgehead atoms. The molecule has 0 radical (unpaired) electrons. The summed E-state index contributed by atoms with van der Waals surface area (Å²) in [5, 5.41) is 8.18. The monoisotopic (exact) mass is 259 g/mol. The van der Waals surface area contributed by atoms with Gasteiger partial charge in [-0.25, -0.2) is 9.78 Å². The van der Waals surface area contributed by atoms with Gasteiger partial charge < -0.3 is 5.32 Å². The van der Waals surface area contributed by atoms with Crippen molar-refractivity contribution in [2.45, 2.75) is 18.9 Å². The maximum absolute atomic E-state index is 11.8. The number of benzene rings is 1. The van der Waals surface area contributed by atoms with E-state index in [0.717, 1.165) is 12.8 Å². The minimum atomic E-state index is -0.188. The molecule has 2 N–H and O–H groups in total. The highest BCUT2D eigenvalue weighted by atomic mass is 32.1. The smallest absolute Gasteiger partial charge is 0.321 e. The van der Waals surface area contributed by atoms with Gasteiger partial charge in [0.25, 0.3) is 0 Å². The SMILES string of the molecule is O=C(Nc1nccs1)N[C@@H]1CCc2ccccc21. The van der Waals surface area contributed by atoms with Crippen LogP contribution in [0.2, 0.25) is 0 Å². The Morgan fingerprint density at radius 2 is 2.28 bits per heavy atom. The average molecular weight is 259 g/mol. The van der Waals surface area contributed by atoms with Crippen molar-refractivity contribution in [3.8, 4) is 0 Å². The van der Waals surface area contributed by atoms with Crippen LogP contribution in [0.25, 0.3) is 0 Å². The van der Waals surface area contributed by atoms with Crippen LogP contribution in [0.5, 0.6) is 0 Å². The molecule has 0 spiro atoms. The van der Waals surface area contributed by atoms with Crippen molar-refractivity contribution in [3.05, 3.63) is 47.0 Å². The lowest BCUT2D eigenvalue weighted by Crippen LogP contribution is -2.31. The first-order valence-corrected chi connectivity index (χ1v) is 6.76. The van der Waals surface area contributed by atoms with Gasteiger partial charge in [-0.05, 0) is 24.0 Å². The molecule has 0 fully saturated rings. The summed E-state index contributed by atoms with van der Waals surface area (Å²) >= 11 is 1.41. The zero-order valence-electron chi connectivity index (χ0n) is 9.72. The van der Waals surface area contributed by atoms with Gasteiger partial charge in [0.15, 0.2) is 5.13 Å². The highest BCUT2D eigenvalue weighted by Crippen LogP contribution is 2.30. The van der Waals surface area contributed by atoms with Crippen molar-refractivity contribution in [1.29, 1.82) is 0 Å². The normalized spacial score (nSPS) is 17.2. The summed E-state index contributed by atoms with van der Waals surface area (Å²) in [4.78, 5) is 15.8. The van der Waals surface area contributed by atoms with Crippen molar-refractivity contribution in [3.63, 3.8) is 0 Å². The van der Waals surface area contributed by atoms with Crippen molar-refractivity contribution >= 4 is 22.5 Å². The van der Waals surface area contributed by atoms with E-state index in [4.69, 9.17) is 0 Å². The van der Waals surface area contributed by atoms with Crippen LogP contribution in [0.15, 0.2) is 35.8 Å². The first-order valence-electron chi connectivity index (χ1n) is 5.88. The van der Waals surface area contributed by atoms with Crippen molar-refractivity contribution in [1.82, 2.24) is 10.3 Å². The average Bonchev–Trinajstić information content (AvgIpc) is 3.00. The Morgan fingerprint density at radius 3 is 3.11 bits per heavy atom. The Bertz CT molecular complexity index is 553. The van der Waals surface area contributed by atoms with Gasteiger partial charge in [-0.15, -0.1) is 11.3 Å². The summed E-state index contributed by atoms with van der Waals surface area (Å²) < 4.78 is 0. The predicted octanol–water partition coefficient (Wildman–Crippen LogP) is 2.95. The lowest BCUT2D eigenvalue weighted by Gasteiger charge is -2.13. The Kier molecular flexibility index (Phi) is 2.98. The molecule has 18 heavy (non-hydrogen) atoms. The van der Waals surface area contributed by atoms with E-state index in [1.54, 1.807) is 6.20 Å². The number of fused-ring (bicyclic) bond motifs is 1. The first kappa shape index (κ1) is 11.2. The van der Waals surface area contributed by atoms with Gasteiger partial charge in [0.05, 0.1) is 6.04 Å². The summed E-state index contributed by atoms with van der Waals surface area (Å²) in [6, 6.07) is 8.17. The molecular formula is C13H13N3OS. The summed E-state index contributed by atoms with van der Waals surface area (Å²) in [6.45, 7) is 0. The van der Waals surface area contributed by atoms with Gasteiger partial charge in [-0.1, -0.05) is 24.3 Å². The van der Waals surface area contributed by atoms with Crippen molar-refractivity contribution in [2.75, 3.05) is 5.32 Å². The van der Waals surface area contributed by atoms with Gasteiger partial charge in [-0.2, -0.15) is 0 Å². The Hall–Kier alpha value is -1.88. The van der Waals surface area contributed by atoms with E-state index < -0.39 is 0 Å². The summed E-state index contributed by atoms with van der Waals surface area (Å²) in [7, 11) is 0. The molecule has 0 aliphatic heterocycles. The maximum Gasteiger partial charge on any atom is 0.321 e. The number of aryl methyl sites for hydroxylation is 1. The van der Waals surface area contributed by atoms with Crippen LogP contribution >= 0.6 is 11.3 Å². The molecule has 92 valence electrons. The summed E-state index contributed by atoms with van der Waals surface area (Å²) in [5.41, 5.74) is 2.56. The van der Waals surface area contributed by atoms with E-state index in [1.165, 1.54) is 22.5 Å². The van der Waals surface area contributed by atoms with Gasteiger partial charge in [-0.3, -0.25) is 5.32 Å². The molecule has 0 saturated carbocycles. The second-order valence-electron chi connectivity index (χ2n) is 4.23. The fraction of sp³-hybridized carbons (Fsp3) is 0.231. The van der Waals surface area contributed by atoms with Crippen LogP contribution in [0, 0.1) is 0 Å². The van der Waals surface area contributed by atoms with Crippen LogP contribution in [0.1, 0.15) is 23.6 Å². The van der Waals surface area contributed by atoms with E-state index in [-0.39, 0.29) is 12.1 Å². The van der Waals surface area contributed by atoms with Crippen LogP contribution in [0.4, 0.5) is 9.93 Å². The second-order valence-corrected chi connectivity index (χ2v) is 5.12. The third-order valence-corrected chi connectivity index (χ3v) is 3.78. The van der Waals surface area contributed by atoms with Gasteiger partial charge in [0, 0.05) is 11.6 Å². The minimum absolute atomic E-state index is 0.112. The number of rotatable bonds is 2. The third kappa shape index (κ3) is 2.22. The maximum atomic E-state index is 11.8. The number of thiazole rings is 1. The summed E-state index contributed by atoms with van der Waals surface area (Å²) in [5.74, 6) is 0. The molecule has 5 heteroatoms. The number of nitrogens with zero attached hydrogens (tertiary/aromatic N) is 1. The number of nitrogens with one attached hydrogen (secondary N) is 2. The van der Waals surface area contributed by atoms with E-state index in [9.17, 15) is 4.79 Å². The van der Waals surface area contributed by atoms with E-state index in [1.807, 2.05) is 17.5 Å². The second kappa shape index (κ2) is 4.78. The highest BCUT2D eigenvalue weighted by molar-refractivity contribution is 7.13. The molecule has 0 saturated heterocycles. The molecule has 0 unspecified atom stereocenters. The van der Waals surface area contributed by atoms with Crippen molar-refractivity contribution in [2.24, 2.45) is 0 Å². The molecule has 1 aromatic carbocycles. The Morgan fingerprint density at radius 1 is 1.39 bits per heavy atom. The number of carbonyl (C=O) groups excluding carboxylic acids is 1. The van der Waals surface area contributed by atoms with Crippen LogP contribution in [-0.2, 0) is 6.42 Å². The number of anilines is 1. The minimum Gasteiger partial charge on any atom is -0.331 e. The zero-order valence-corrected chi connectivity index (χ0v) is 10.5. The first-order chi connectivity index (χ1) is 8.83. The fourth-order valence-electron chi connectivity index (χ4n) is 2.28. The number of carbonyl (C=O) groups is 1. The molecule has 4 nitrogen and oxygen atoms in total. The topological polar surface area (TPSA) is 54.0 Å². The lowest BCUT2D eigenvalue weighted by atomic mass is 10.1. The van der Waals surface area contributed by atoms with E-state index >= 15 is 0 Å². The van der Waals surface area contributed by atoms with Crippen LogP contribution < -0.4 is 10.6 Å². The standard InChI is InChI=1S/C13H13N3OS/c17-12(16-13-14-7-8-18-13)15-11-6-5-9-3-1-2-4-10(9)11/h1-4,7-8,11H,5-6H2,(H2,14,15,16,17)/t11-/m1/s1. The number of urea groups is 1. The van der Waals surface area contributed by atoms with Crippen LogP contribution in [0.3, 0.4) is 0 Å². The summed E-state index contributed by atoms with van der Waals surface area (Å²) in [6.07, 6.45) is 3.66. The third-order valence-electron chi connectivity index (χ3n) is 3.09. The highest BCUT2D eigenvalue weighted by Gasteiger charge is 2.23. The molecule has 2 aromatic rings. The molecule has 1 atom stereocenters. The van der Waals surface area contributed by atoms with Gasteiger partial charge in [0.1, 0.15) is 0 Å². The molecule has 1 heterocycles. The Labute approximate surface area is 109 Å². The number of amides is 2. The number of hydrogen-bond donors (Lipinski definition) is 2. The van der Waals surface area contributed by atoms with Gasteiger partial charge in [0.2, 0.25) is 0 Å². The molecule has 2 amide bonds. The predicted molar refractivity (Wildman–Crippen MR) is 71.8 cm³/mol. The van der Waals surface area contributed by atoms with E-state index in [0.29, 0.717) is 5.13 Å².